The molecule has 1 aliphatic rings. The maximum atomic E-state index is 5.58. The molecule has 0 N–H and O–H groups in total. The summed E-state index contributed by atoms with van der Waals surface area (Å²) in [7, 11) is -2.69. The van der Waals surface area contributed by atoms with Gasteiger partial charge in [-0.05, 0) is 12.5 Å². The Morgan fingerprint density at radius 2 is 2.14 bits per heavy atom. The quantitative estimate of drug-likeness (QED) is 0.411. The highest BCUT2D eigenvalue weighted by Crippen LogP contribution is 2.17. The molecule has 1 saturated heterocycles. The van der Waals surface area contributed by atoms with Crippen LogP contribution in [0.15, 0.2) is 0 Å². The van der Waals surface area contributed by atoms with Gasteiger partial charge in [0.1, 0.15) is 0 Å². The van der Waals surface area contributed by atoms with Crippen molar-refractivity contribution in [1.82, 2.24) is 0 Å². The molecule has 0 aromatic heterocycles. The molecule has 80 valence electrons. The molecule has 0 aromatic rings. The molecule has 0 aliphatic carbocycles. The van der Waals surface area contributed by atoms with Crippen LogP contribution >= 0.6 is 11.6 Å². The van der Waals surface area contributed by atoms with E-state index in [2.05, 4.69) is 18.4 Å². The van der Waals surface area contributed by atoms with E-state index in [4.69, 9.17) is 24.9 Å². The largest absolute Gasteiger partial charge is 0.591 e. The van der Waals surface area contributed by atoms with Gasteiger partial charge in [-0.2, -0.15) is 0 Å². The third-order valence-corrected chi connectivity index (χ3v) is 4.14. The Morgan fingerprint density at radius 3 is 2.64 bits per heavy atom. The third kappa shape index (κ3) is 3.26. The van der Waals surface area contributed by atoms with Crippen LogP contribution in [0.3, 0.4) is 0 Å². The number of hydrogen-bond acceptors (Lipinski definition) is 3. The monoisotopic (exact) mass is 234 g/mol. The molecule has 0 amide bonds. The summed E-state index contributed by atoms with van der Waals surface area (Å²) in [4.78, 5) is 0. The molecule has 3 nitrogen and oxygen atoms in total. The average Bonchev–Trinajstić information content (AvgIpc) is 2.20. The van der Waals surface area contributed by atoms with E-state index in [0.29, 0.717) is 25.7 Å². The summed E-state index contributed by atoms with van der Waals surface area (Å²) in [6.07, 6.45) is 0. The van der Waals surface area contributed by atoms with Gasteiger partial charge in [-0.3, -0.25) is 0 Å². The Labute approximate surface area is 91.0 Å². The fourth-order valence-electron chi connectivity index (χ4n) is 1.12. The first-order valence-electron chi connectivity index (χ1n) is 4.70. The molecule has 0 saturated carbocycles. The highest BCUT2D eigenvalue weighted by molar-refractivity contribution is 6.69. The van der Waals surface area contributed by atoms with Crippen molar-refractivity contribution >= 4 is 20.4 Å². The molecule has 0 bridgehead atoms. The summed E-state index contributed by atoms with van der Waals surface area (Å²) in [6, 6.07) is 0. The van der Waals surface area contributed by atoms with Crippen molar-refractivity contribution in [3.05, 3.63) is 0 Å². The summed E-state index contributed by atoms with van der Waals surface area (Å²) < 4.78 is 16.6. The van der Waals surface area contributed by atoms with E-state index in [0.717, 1.165) is 0 Å². The summed E-state index contributed by atoms with van der Waals surface area (Å²) in [5.41, 5.74) is 2.90. The van der Waals surface area contributed by atoms with Gasteiger partial charge in [-0.15, -0.1) is 11.6 Å². The normalized spacial score (nSPS) is 32.1. The maximum absolute atomic E-state index is 5.58. The Balaban J connectivity index is 2.62. The van der Waals surface area contributed by atoms with Gasteiger partial charge in [0.25, 0.3) is 0 Å². The van der Waals surface area contributed by atoms with Crippen LogP contribution in [0.1, 0.15) is 13.8 Å². The summed E-state index contributed by atoms with van der Waals surface area (Å²) in [5, 5.41) is 0. The van der Waals surface area contributed by atoms with Crippen LogP contribution in [0.5, 0.6) is 0 Å². The predicted octanol–water partition coefficient (Wildman–Crippen LogP) is 1.43. The summed E-state index contributed by atoms with van der Waals surface area (Å²) in [5.74, 6) is 3.45. The molecule has 1 rings (SSSR count). The highest BCUT2D eigenvalue weighted by atomic mass is 35.5. The van der Waals surface area contributed by atoms with Crippen LogP contribution in [0.2, 0.25) is 0 Å². The third-order valence-electron chi connectivity index (χ3n) is 1.76. The number of halogens is 1. The lowest BCUT2D eigenvalue weighted by Gasteiger charge is -2.31. The van der Waals surface area contributed by atoms with Crippen LogP contribution in [0, 0.1) is 17.4 Å². The van der Waals surface area contributed by atoms with Gasteiger partial charge < -0.3 is 13.3 Å². The summed E-state index contributed by atoms with van der Waals surface area (Å²) >= 11 is 5.49. The molecule has 0 radical (unpaired) electrons. The zero-order valence-electron chi connectivity index (χ0n) is 8.51. The molecule has 0 spiro atoms. The number of rotatable bonds is 2. The standard InChI is InChI=1S/C9H15ClO3Si/c1-3-11-14(6-4-5-10)12-7-9(2)8-13-14/h9H,3,5,7-8H2,1-2H3. The van der Waals surface area contributed by atoms with Crippen molar-refractivity contribution in [2.24, 2.45) is 5.92 Å². The molecule has 1 aliphatic heterocycles. The Hall–Kier alpha value is -0.0531. The lowest BCUT2D eigenvalue weighted by atomic mass is 10.2. The zero-order valence-corrected chi connectivity index (χ0v) is 10.3. The molecular weight excluding hydrogens is 220 g/mol. The van der Waals surface area contributed by atoms with Crippen molar-refractivity contribution in [3.63, 3.8) is 0 Å². The first-order valence-corrected chi connectivity index (χ1v) is 6.96. The highest BCUT2D eigenvalue weighted by Gasteiger charge is 2.43. The van der Waals surface area contributed by atoms with E-state index >= 15 is 0 Å². The van der Waals surface area contributed by atoms with Crippen LogP contribution in [-0.4, -0.2) is 34.5 Å². The molecular formula is C9H15ClO3Si. The van der Waals surface area contributed by atoms with Gasteiger partial charge in [0.2, 0.25) is 0 Å². The summed E-state index contributed by atoms with van der Waals surface area (Å²) in [6.45, 7) is 5.84. The van der Waals surface area contributed by atoms with Gasteiger partial charge in [0, 0.05) is 25.7 Å². The van der Waals surface area contributed by atoms with E-state index in [1.807, 2.05) is 6.92 Å². The van der Waals surface area contributed by atoms with Crippen LogP contribution in [0.4, 0.5) is 0 Å². The first kappa shape index (κ1) is 12.0. The predicted molar refractivity (Wildman–Crippen MR) is 56.9 cm³/mol. The molecule has 0 unspecified atom stereocenters. The van der Waals surface area contributed by atoms with E-state index < -0.39 is 8.80 Å². The lowest BCUT2D eigenvalue weighted by Crippen LogP contribution is -2.50. The van der Waals surface area contributed by atoms with Gasteiger partial charge in [0.15, 0.2) is 0 Å². The van der Waals surface area contributed by atoms with Gasteiger partial charge in [-0.1, -0.05) is 12.8 Å². The average molecular weight is 235 g/mol. The van der Waals surface area contributed by atoms with E-state index in [-0.39, 0.29) is 5.88 Å². The van der Waals surface area contributed by atoms with Gasteiger partial charge >= 0.3 is 8.80 Å². The minimum absolute atomic E-state index is 0.282. The molecule has 0 aromatic carbocycles. The SMILES string of the molecule is CCO[Si]1(C#CCCl)OCC(C)CO1. The van der Waals surface area contributed by atoms with Crippen molar-refractivity contribution < 1.29 is 13.3 Å². The number of alkyl halides is 1. The Bertz CT molecular complexity index is 228. The van der Waals surface area contributed by atoms with Gasteiger partial charge in [0.05, 0.1) is 5.88 Å². The molecule has 1 fully saturated rings. The topological polar surface area (TPSA) is 27.7 Å². The van der Waals surface area contributed by atoms with Crippen molar-refractivity contribution in [3.8, 4) is 11.5 Å². The molecule has 0 atom stereocenters. The smallest absolute Gasteiger partial charge is 0.364 e. The van der Waals surface area contributed by atoms with E-state index in [9.17, 15) is 0 Å². The second kappa shape index (κ2) is 5.74. The van der Waals surface area contributed by atoms with Crippen LogP contribution < -0.4 is 0 Å². The maximum Gasteiger partial charge on any atom is 0.591 e. The first-order chi connectivity index (χ1) is 6.72. The lowest BCUT2D eigenvalue weighted by molar-refractivity contribution is 0.00969. The minimum atomic E-state index is -2.69. The van der Waals surface area contributed by atoms with Crippen molar-refractivity contribution in [2.75, 3.05) is 25.7 Å². The fraction of sp³-hybridized carbons (Fsp3) is 0.778. The molecule has 5 heteroatoms. The Kier molecular flexibility index (Phi) is 4.93. The Morgan fingerprint density at radius 1 is 1.50 bits per heavy atom. The second-order valence-corrected chi connectivity index (χ2v) is 5.65. The zero-order chi connectivity index (χ0) is 10.4. The van der Waals surface area contributed by atoms with Crippen molar-refractivity contribution in [2.45, 2.75) is 13.8 Å². The molecule has 14 heavy (non-hydrogen) atoms. The van der Waals surface area contributed by atoms with Crippen LogP contribution in [0.25, 0.3) is 0 Å². The fourth-order valence-corrected chi connectivity index (χ4v) is 3.46. The van der Waals surface area contributed by atoms with Crippen molar-refractivity contribution in [1.29, 1.82) is 0 Å². The van der Waals surface area contributed by atoms with E-state index in [1.54, 1.807) is 0 Å². The van der Waals surface area contributed by atoms with Gasteiger partial charge in [-0.25, -0.2) is 0 Å². The molecule has 1 heterocycles. The van der Waals surface area contributed by atoms with E-state index in [1.165, 1.54) is 0 Å². The van der Waals surface area contributed by atoms with Crippen LogP contribution in [-0.2, 0) is 13.3 Å². The minimum Gasteiger partial charge on any atom is -0.364 e. The number of hydrogen-bond donors (Lipinski definition) is 0. The second-order valence-electron chi connectivity index (χ2n) is 3.15.